The maximum Gasteiger partial charge on any atom is 0.120 e. The Balaban J connectivity index is 2.00. The molecule has 1 aromatic rings. The SMILES string of the molecule is COc1ccc2c(c1)N(C)C1(CCNC1)C2. The molecule has 0 aliphatic carbocycles. The van der Waals surface area contributed by atoms with Gasteiger partial charge in [0.15, 0.2) is 0 Å². The Morgan fingerprint density at radius 1 is 1.44 bits per heavy atom. The van der Waals surface area contributed by atoms with Crippen LogP contribution >= 0.6 is 0 Å². The number of ether oxygens (including phenoxy) is 1. The molecule has 0 bridgehead atoms. The van der Waals surface area contributed by atoms with E-state index in [1.807, 2.05) is 0 Å². The normalized spacial score (nSPS) is 27.5. The molecule has 86 valence electrons. The maximum absolute atomic E-state index is 5.30. The van der Waals surface area contributed by atoms with Gasteiger partial charge in [0.1, 0.15) is 5.75 Å². The lowest BCUT2D eigenvalue weighted by Gasteiger charge is -2.33. The summed E-state index contributed by atoms with van der Waals surface area (Å²) in [6.07, 6.45) is 2.40. The molecule has 2 aliphatic rings. The number of nitrogens with zero attached hydrogens (tertiary/aromatic N) is 1. The second-order valence-electron chi connectivity index (χ2n) is 4.88. The predicted octanol–water partition coefficient (Wildman–Crippen LogP) is 1.42. The third-order valence-electron chi connectivity index (χ3n) is 4.11. The van der Waals surface area contributed by atoms with Crippen molar-refractivity contribution in [2.24, 2.45) is 0 Å². The number of hydrogen-bond acceptors (Lipinski definition) is 3. The van der Waals surface area contributed by atoms with Crippen molar-refractivity contribution >= 4 is 5.69 Å². The van der Waals surface area contributed by atoms with Gasteiger partial charge >= 0.3 is 0 Å². The Labute approximate surface area is 96.4 Å². The van der Waals surface area contributed by atoms with E-state index in [0.717, 1.165) is 25.3 Å². The van der Waals surface area contributed by atoms with Crippen LogP contribution in [0, 0.1) is 0 Å². The van der Waals surface area contributed by atoms with Crippen LogP contribution in [0.25, 0.3) is 0 Å². The quantitative estimate of drug-likeness (QED) is 0.771. The van der Waals surface area contributed by atoms with Crippen molar-refractivity contribution < 1.29 is 4.74 Å². The van der Waals surface area contributed by atoms with Gasteiger partial charge < -0.3 is 15.0 Å². The second-order valence-corrected chi connectivity index (χ2v) is 4.88. The highest BCUT2D eigenvalue weighted by molar-refractivity contribution is 5.64. The molecule has 1 fully saturated rings. The Morgan fingerprint density at radius 2 is 2.31 bits per heavy atom. The van der Waals surface area contributed by atoms with Crippen molar-refractivity contribution in [1.29, 1.82) is 0 Å². The molecule has 1 N–H and O–H groups in total. The molecule has 0 amide bonds. The minimum Gasteiger partial charge on any atom is -0.497 e. The van der Waals surface area contributed by atoms with Crippen LogP contribution in [0.2, 0.25) is 0 Å². The number of likely N-dealkylation sites (N-methyl/N-ethyl adjacent to an activating group) is 1. The molecule has 3 rings (SSSR count). The first-order valence-electron chi connectivity index (χ1n) is 5.87. The first kappa shape index (κ1) is 9.97. The molecule has 1 aromatic carbocycles. The Kier molecular flexibility index (Phi) is 2.11. The van der Waals surface area contributed by atoms with E-state index in [2.05, 4.69) is 35.5 Å². The summed E-state index contributed by atoms with van der Waals surface area (Å²) in [5.41, 5.74) is 3.10. The molecular weight excluding hydrogens is 200 g/mol. The van der Waals surface area contributed by atoms with Gasteiger partial charge in [-0.3, -0.25) is 0 Å². The lowest BCUT2D eigenvalue weighted by atomic mass is 9.93. The maximum atomic E-state index is 5.30. The van der Waals surface area contributed by atoms with Crippen LogP contribution < -0.4 is 15.0 Å². The Bertz CT molecular complexity index is 410. The van der Waals surface area contributed by atoms with Crippen LogP contribution in [-0.4, -0.2) is 32.8 Å². The zero-order valence-electron chi connectivity index (χ0n) is 9.92. The van der Waals surface area contributed by atoms with Crippen molar-refractivity contribution in [2.75, 3.05) is 32.1 Å². The highest BCUT2D eigenvalue weighted by Gasteiger charge is 2.43. The summed E-state index contributed by atoms with van der Waals surface area (Å²) in [5.74, 6) is 0.952. The summed E-state index contributed by atoms with van der Waals surface area (Å²) < 4.78 is 5.30. The van der Waals surface area contributed by atoms with Gasteiger partial charge in [-0.2, -0.15) is 0 Å². The van der Waals surface area contributed by atoms with Crippen LogP contribution in [0.5, 0.6) is 5.75 Å². The molecule has 0 aromatic heterocycles. The fourth-order valence-electron chi connectivity index (χ4n) is 3.03. The number of hydrogen-bond donors (Lipinski definition) is 1. The third-order valence-corrected chi connectivity index (χ3v) is 4.11. The molecule has 0 radical (unpaired) electrons. The van der Waals surface area contributed by atoms with Gasteiger partial charge in [-0.1, -0.05) is 6.07 Å². The van der Waals surface area contributed by atoms with Crippen molar-refractivity contribution in [2.45, 2.75) is 18.4 Å². The van der Waals surface area contributed by atoms with Gasteiger partial charge in [0.05, 0.1) is 12.6 Å². The summed E-state index contributed by atoms with van der Waals surface area (Å²) in [6.45, 7) is 2.23. The molecule has 1 atom stereocenters. The summed E-state index contributed by atoms with van der Waals surface area (Å²) in [7, 11) is 3.93. The summed E-state index contributed by atoms with van der Waals surface area (Å²) >= 11 is 0. The van der Waals surface area contributed by atoms with Gasteiger partial charge in [-0.15, -0.1) is 0 Å². The average Bonchev–Trinajstić information content (AvgIpc) is 2.87. The fraction of sp³-hybridized carbons (Fsp3) is 0.538. The van der Waals surface area contributed by atoms with Gasteiger partial charge in [0.25, 0.3) is 0 Å². The fourth-order valence-corrected chi connectivity index (χ4v) is 3.03. The molecule has 16 heavy (non-hydrogen) atoms. The van der Waals surface area contributed by atoms with Crippen LogP contribution in [0.1, 0.15) is 12.0 Å². The summed E-state index contributed by atoms with van der Waals surface area (Å²) in [4.78, 5) is 2.44. The van der Waals surface area contributed by atoms with E-state index < -0.39 is 0 Å². The molecule has 1 saturated heterocycles. The molecule has 2 aliphatic heterocycles. The van der Waals surface area contributed by atoms with Crippen LogP contribution in [0.4, 0.5) is 5.69 Å². The van der Waals surface area contributed by atoms with Crippen molar-refractivity contribution in [3.8, 4) is 5.75 Å². The van der Waals surface area contributed by atoms with E-state index in [1.54, 1.807) is 7.11 Å². The van der Waals surface area contributed by atoms with Crippen LogP contribution in [0.3, 0.4) is 0 Å². The third kappa shape index (κ3) is 1.24. The number of rotatable bonds is 1. The zero-order chi connectivity index (χ0) is 11.2. The van der Waals surface area contributed by atoms with Gasteiger partial charge in [0.2, 0.25) is 0 Å². The lowest BCUT2D eigenvalue weighted by Crippen LogP contribution is -2.46. The Hall–Kier alpha value is -1.22. The van der Waals surface area contributed by atoms with Gasteiger partial charge in [-0.05, 0) is 31.0 Å². The van der Waals surface area contributed by atoms with Crippen LogP contribution in [0.15, 0.2) is 18.2 Å². The first-order chi connectivity index (χ1) is 7.75. The second kappa shape index (κ2) is 3.39. The predicted molar refractivity (Wildman–Crippen MR) is 65.3 cm³/mol. The highest BCUT2D eigenvalue weighted by Crippen LogP contribution is 2.42. The zero-order valence-corrected chi connectivity index (χ0v) is 9.92. The number of anilines is 1. The van der Waals surface area contributed by atoms with E-state index in [4.69, 9.17) is 4.74 Å². The van der Waals surface area contributed by atoms with Crippen molar-refractivity contribution in [3.63, 3.8) is 0 Å². The minimum atomic E-state index is 0.314. The topological polar surface area (TPSA) is 24.5 Å². The molecule has 2 heterocycles. The molecule has 1 unspecified atom stereocenters. The highest BCUT2D eigenvalue weighted by atomic mass is 16.5. The van der Waals surface area contributed by atoms with E-state index in [1.165, 1.54) is 17.7 Å². The molecule has 3 heteroatoms. The van der Waals surface area contributed by atoms with E-state index in [-0.39, 0.29) is 0 Å². The van der Waals surface area contributed by atoms with E-state index >= 15 is 0 Å². The monoisotopic (exact) mass is 218 g/mol. The number of methoxy groups -OCH3 is 1. The summed E-state index contributed by atoms with van der Waals surface area (Å²) in [6, 6.07) is 6.42. The van der Waals surface area contributed by atoms with E-state index in [9.17, 15) is 0 Å². The number of fused-ring (bicyclic) bond motifs is 1. The molecule has 1 spiro atoms. The van der Waals surface area contributed by atoms with Gasteiger partial charge in [0, 0.05) is 25.3 Å². The average molecular weight is 218 g/mol. The largest absolute Gasteiger partial charge is 0.497 e. The summed E-state index contributed by atoms with van der Waals surface area (Å²) in [5, 5.41) is 3.48. The minimum absolute atomic E-state index is 0.314. The first-order valence-corrected chi connectivity index (χ1v) is 5.87. The smallest absolute Gasteiger partial charge is 0.120 e. The lowest BCUT2D eigenvalue weighted by molar-refractivity contribution is 0.414. The molecule has 0 saturated carbocycles. The standard InChI is InChI=1S/C13H18N2O/c1-15-12-7-11(16-2)4-3-10(12)8-13(15)5-6-14-9-13/h3-4,7,14H,5-6,8-9H2,1-2H3. The van der Waals surface area contributed by atoms with Gasteiger partial charge in [-0.25, -0.2) is 0 Å². The molecular formula is C13H18N2O. The van der Waals surface area contributed by atoms with E-state index in [0.29, 0.717) is 5.54 Å². The van der Waals surface area contributed by atoms with Crippen molar-refractivity contribution in [3.05, 3.63) is 23.8 Å². The van der Waals surface area contributed by atoms with Crippen molar-refractivity contribution in [1.82, 2.24) is 5.32 Å². The van der Waals surface area contributed by atoms with Crippen LogP contribution in [-0.2, 0) is 6.42 Å². The Morgan fingerprint density at radius 3 is 3.00 bits per heavy atom. The number of benzene rings is 1. The molecule has 3 nitrogen and oxygen atoms in total. The number of nitrogens with one attached hydrogen (secondary N) is 1.